The normalized spacial score (nSPS) is 22.4. The van der Waals surface area contributed by atoms with Crippen molar-refractivity contribution in [2.45, 2.75) is 135 Å². The summed E-state index contributed by atoms with van der Waals surface area (Å²) in [5, 5.41) is 14.2. The van der Waals surface area contributed by atoms with Gasteiger partial charge in [0, 0.05) is 30.5 Å². The molecule has 3 aliphatic heterocycles. The molecule has 3 aliphatic rings. The molecule has 6 aromatic rings. The molecule has 12 nitrogen and oxygen atoms in total. The molecule has 2 amide bonds. The number of ether oxygens (including phenoxy) is 5. The molecular weight excluding hydrogens is 793 g/mol. The minimum absolute atomic E-state index is 0.0675. The first-order valence-corrected chi connectivity index (χ1v) is 23.1. The Morgan fingerprint density at radius 3 is 1.86 bits per heavy atom. The van der Waals surface area contributed by atoms with Crippen molar-refractivity contribution in [3.05, 3.63) is 120 Å². The van der Waals surface area contributed by atoms with Crippen molar-refractivity contribution in [3.63, 3.8) is 0 Å². The summed E-state index contributed by atoms with van der Waals surface area (Å²) in [4.78, 5) is 20.0. The van der Waals surface area contributed by atoms with Crippen LogP contribution in [0.3, 0.4) is 0 Å². The lowest BCUT2D eigenvalue weighted by molar-refractivity contribution is -0.157. The topological polar surface area (TPSA) is 116 Å². The van der Waals surface area contributed by atoms with E-state index in [-0.39, 0.29) is 24.3 Å². The van der Waals surface area contributed by atoms with Crippen LogP contribution in [0, 0.1) is 0 Å². The van der Waals surface area contributed by atoms with Crippen molar-refractivity contribution in [2.75, 3.05) is 19.8 Å². The number of rotatable bonds is 17. The van der Waals surface area contributed by atoms with E-state index >= 15 is 4.79 Å². The summed E-state index contributed by atoms with van der Waals surface area (Å²) in [6.45, 7) is 11.2. The highest BCUT2D eigenvalue weighted by atomic mass is 16.8. The highest BCUT2D eigenvalue weighted by Crippen LogP contribution is 2.41. The highest BCUT2D eigenvalue weighted by molar-refractivity contribution is 5.81. The van der Waals surface area contributed by atoms with Crippen LogP contribution in [-0.2, 0) is 40.1 Å². The molecule has 1 unspecified atom stereocenters. The second-order valence-electron chi connectivity index (χ2n) is 17.9. The maximum Gasteiger partial charge on any atom is 0.321 e. The lowest BCUT2D eigenvalue weighted by atomic mass is 9.90. The quantitative estimate of drug-likeness (QED) is 0.0902. The number of hydrogen-bond acceptors (Lipinski definition) is 8. The second kappa shape index (κ2) is 19.1. The van der Waals surface area contributed by atoms with Gasteiger partial charge >= 0.3 is 6.03 Å². The molecule has 9 rings (SSSR count). The highest BCUT2D eigenvalue weighted by Gasteiger charge is 2.55. The second-order valence-corrected chi connectivity index (χ2v) is 17.9. The number of fused-ring (bicyclic) bond motifs is 3. The molecule has 5 heterocycles. The zero-order valence-corrected chi connectivity index (χ0v) is 37.2. The van der Waals surface area contributed by atoms with Crippen LogP contribution in [-0.4, -0.2) is 85.7 Å². The van der Waals surface area contributed by atoms with Crippen LogP contribution in [0.1, 0.15) is 101 Å². The van der Waals surface area contributed by atoms with Gasteiger partial charge in [-0.2, -0.15) is 10.2 Å². The van der Waals surface area contributed by atoms with Gasteiger partial charge < -0.3 is 33.5 Å². The van der Waals surface area contributed by atoms with Crippen LogP contribution in [0.15, 0.2) is 97.3 Å². The Labute approximate surface area is 370 Å². The predicted octanol–water partition coefficient (Wildman–Crippen LogP) is 10.1. The summed E-state index contributed by atoms with van der Waals surface area (Å²) in [5.74, 6) is 0.799. The number of aromatic nitrogens is 4. The fourth-order valence-electron chi connectivity index (χ4n) is 9.46. The molecule has 0 saturated carbocycles. The van der Waals surface area contributed by atoms with E-state index in [9.17, 15) is 0 Å². The molecule has 63 heavy (non-hydrogen) atoms. The number of carbonyl (C=O) groups excluding carboxylic acids is 1. The number of H-pyrrole nitrogens is 1. The summed E-state index contributed by atoms with van der Waals surface area (Å²) in [7, 11) is 0. The summed E-state index contributed by atoms with van der Waals surface area (Å²) in [6, 6.07) is 28.5. The summed E-state index contributed by atoms with van der Waals surface area (Å²) in [6.07, 6.45) is 11.2. The third-order valence-electron chi connectivity index (χ3n) is 12.8. The van der Waals surface area contributed by atoms with E-state index in [1.807, 2.05) is 71.1 Å². The van der Waals surface area contributed by atoms with Gasteiger partial charge in [0.1, 0.15) is 23.7 Å². The molecule has 12 heteroatoms. The maximum absolute atomic E-state index is 15.9. The van der Waals surface area contributed by atoms with E-state index < -0.39 is 18.0 Å². The molecule has 4 aromatic carbocycles. The van der Waals surface area contributed by atoms with Gasteiger partial charge in [-0.25, -0.2) is 9.48 Å². The fourth-order valence-corrected chi connectivity index (χ4v) is 9.46. The smallest absolute Gasteiger partial charge is 0.321 e. The number of urea groups is 1. The predicted molar refractivity (Wildman–Crippen MR) is 244 cm³/mol. The van der Waals surface area contributed by atoms with Gasteiger partial charge in [0.2, 0.25) is 0 Å². The monoisotopic (exact) mass is 854 g/mol. The molecule has 1 N–H and O–H groups in total. The van der Waals surface area contributed by atoms with Crippen molar-refractivity contribution in [1.82, 2.24) is 29.8 Å². The molecule has 0 spiro atoms. The molecule has 3 fully saturated rings. The Kier molecular flexibility index (Phi) is 13.0. The van der Waals surface area contributed by atoms with Gasteiger partial charge in [-0.05, 0) is 130 Å². The summed E-state index contributed by atoms with van der Waals surface area (Å²) >= 11 is 0. The molecule has 0 bridgehead atoms. The first-order valence-electron chi connectivity index (χ1n) is 23.1. The van der Waals surface area contributed by atoms with Gasteiger partial charge in [0.05, 0.1) is 48.7 Å². The largest absolute Gasteiger partial charge is 0.494 e. The van der Waals surface area contributed by atoms with E-state index in [4.69, 9.17) is 28.8 Å². The fraction of sp³-hybridized carbons (Fsp3) is 0.471. The Bertz CT molecular complexity index is 2440. The molecule has 332 valence electrons. The lowest BCUT2D eigenvalue weighted by Crippen LogP contribution is -2.51. The van der Waals surface area contributed by atoms with Crippen LogP contribution >= 0.6 is 0 Å². The Balaban J connectivity index is 1.11. The SMILES string of the molecule is CCCCOc1ccc(C[C@@H]2[C@@H]3OC(C)(C)O[C@H]3[C@@H](Cc3ccc(OCCCC)cc3)N(Cc3ccc4c(cnn4C4CCCCO4)c3)C(=O)N2Cc2ccc3[nH]ncc3c2)cc1. The van der Waals surface area contributed by atoms with E-state index in [1.165, 1.54) is 0 Å². The first-order chi connectivity index (χ1) is 30.7. The average molecular weight is 855 g/mol. The van der Waals surface area contributed by atoms with Crippen molar-refractivity contribution >= 4 is 27.8 Å². The molecule has 5 atom stereocenters. The number of carbonyl (C=O) groups is 1. The Morgan fingerprint density at radius 1 is 0.714 bits per heavy atom. The van der Waals surface area contributed by atoms with Crippen molar-refractivity contribution < 1.29 is 28.5 Å². The number of aromatic amines is 1. The molecule has 2 aromatic heterocycles. The minimum atomic E-state index is -0.887. The Morgan fingerprint density at radius 2 is 1.29 bits per heavy atom. The van der Waals surface area contributed by atoms with Gasteiger partial charge in [-0.3, -0.25) is 5.10 Å². The van der Waals surface area contributed by atoms with Crippen molar-refractivity contribution in [1.29, 1.82) is 0 Å². The number of benzene rings is 4. The number of nitrogens with zero attached hydrogens (tertiary/aromatic N) is 5. The van der Waals surface area contributed by atoms with Crippen LogP contribution in [0.2, 0.25) is 0 Å². The number of unbranched alkanes of at least 4 members (excludes halogenated alkanes) is 2. The minimum Gasteiger partial charge on any atom is -0.494 e. The first kappa shape index (κ1) is 42.9. The zero-order chi connectivity index (χ0) is 43.3. The van der Waals surface area contributed by atoms with Gasteiger partial charge in [-0.1, -0.05) is 63.1 Å². The molecule has 0 aliphatic carbocycles. The maximum atomic E-state index is 15.9. The van der Waals surface area contributed by atoms with E-state index in [0.717, 1.165) is 107 Å². The van der Waals surface area contributed by atoms with Crippen molar-refractivity contribution in [2.24, 2.45) is 0 Å². The number of hydrogen-bond donors (Lipinski definition) is 1. The molecule has 0 radical (unpaired) electrons. The summed E-state index contributed by atoms with van der Waals surface area (Å²) in [5.41, 5.74) is 6.17. The Hall–Kier alpha value is -5.43. The lowest BCUT2D eigenvalue weighted by Gasteiger charge is -2.37. The third kappa shape index (κ3) is 9.73. The zero-order valence-electron chi connectivity index (χ0n) is 37.2. The van der Waals surface area contributed by atoms with Crippen LogP contribution < -0.4 is 9.47 Å². The average Bonchev–Trinajstić information content (AvgIpc) is 4.02. The van der Waals surface area contributed by atoms with Crippen LogP contribution in [0.4, 0.5) is 4.79 Å². The standard InChI is InChI=1S/C51H62N6O6/c1-5-7-24-59-41-18-12-35(13-19-41)29-45-48-49(63-51(3,4)62-48)46(30-36-14-20-42(21-15-36)60-25-8-6-2)56(50(58)55(45)33-37-16-22-43-39(27-37)31-52-54-43)34-38-17-23-44-40(28-38)32-53-57(44)47-11-9-10-26-61-47/h12-23,27-28,31-32,45-49H,5-11,24-26,29-30,33-34H2,1-4H3,(H,52,54)/t45-,46-,47?,48+,49+/m1/s1. The summed E-state index contributed by atoms with van der Waals surface area (Å²) < 4.78 is 34.3. The van der Waals surface area contributed by atoms with Crippen LogP contribution in [0.5, 0.6) is 11.5 Å². The van der Waals surface area contributed by atoms with E-state index in [1.54, 1.807) is 0 Å². The van der Waals surface area contributed by atoms with E-state index in [2.05, 4.69) is 78.6 Å². The number of nitrogens with one attached hydrogen (secondary N) is 1. The van der Waals surface area contributed by atoms with E-state index in [0.29, 0.717) is 39.1 Å². The van der Waals surface area contributed by atoms with Gasteiger partial charge in [0.15, 0.2) is 12.0 Å². The van der Waals surface area contributed by atoms with Gasteiger partial charge in [0.25, 0.3) is 0 Å². The molecular formula is C51H62N6O6. The molecule has 3 saturated heterocycles. The third-order valence-corrected chi connectivity index (χ3v) is 12.8. The van der Waals surface area contributed by atoms with Crippen molar-refractivity contribution in [3.8, 4) is 11.5 Å². The van der Waals surface area contributed by atoms with Crippen LogP contribution in [0.25, 0.3) is 21.8 Å². The number of amides is 2. The van der Waals surface area contributed by atoms with Gasteiger partial charge in [-0.15, -0.1) is 0 Å².